The minimum absolute atomic E-state index is 0.222. The second-order valence-electron chi connectivity index (χ2n) is 5.72. The number of imide groups is 1. The summed E-state index contributed by atoms with van der Waals surface area (Å²) in [7, 11) is 0. The van der Waals surface area contributed by atoms with Gasteiger partial charge in [-0.05, 0) is 23.6 Å². The molecule has 126 valence electrons. The van der Waals surface area contributed by atoms with Crippen LogP contribution in [0.4, 0.5) is 4.79 Å². The first-order chi connectivity index (χ1) is 11.5. The van der Waals surface area contributed by atoms with Gasteiger partial charge < -0.3 is 10.2 Å². The number of urea groups is 1. The molecular weight excluding hydrogens is 314 g/mol. The monoisotopic (exact) mass is 331 g/mol. The first kappa shape index (κ1) is 15.9. The Morgan fingerprint density at radius 3 is 2.83 bits per heavy atom. The molecule has 9 nitrogen and oxygen atoms in total. The summed E-state index contributed by atoms with van der Waals surface area (Å²) in [6, 6.07) is 4.15. The Balaban J connectivity index is 1.74. The largest absolute Gasteiger partial charge is 0.333 e. The van der Waals surface area contributed by atoms with Crippen LogP contribution >= 0.6 is 0 Å². The van der Waals surface area contributed by atoms with Crippen molar-refractivity contribution in [2.45, 2.75) is 32.0 Å². The molecule has 1 atom stereocenters. The molecule has 0 aliphatic carbocycles. The SMILES string of the molecule is NNC(=O)NCc1ccc2c(c1)C(=O)N(C1CCC(=O)NC1=O)C2. The van der Waals surface area contributed by atoms with Crippen molar-refractivity contribution >= 4 is 23.8 Å². The lowest BCUT2D eigenvalue weighted by molar-refractivity contribution is -0.136. The van der Waals surface area contributed by atoms with Crippen molar-refractivity contribution in [3.63, 3.8) is 0 Å². The number of nitrogens with two attached hydrogens (primary N) is 1. The fourth-order valence-corrected chi connectivity index (χ4v) is 2.95. The number of hydrogen-bond acceptors (Lipinski definition) is 5. The Hall–Kier alpha value is -2.94. The van der Waals surface area contributed by atoms with Crippen molar-refractivity contribution in [2.24, 2.45) is 5.84 Å². The molecule has 1 aromatic carbocycles. The van der Waals surface area contributed by atoms with Gasteiger partial charge in [0.05, 0.1) is 0 Å². The van der Waals surface area contributed by atoms with Crippen LogP contribution in [0.15, 0.2) is 18.2 Å². The van der Waals surface area contributed by atoms with E-state index in [0.717, 1.165) is 11.1 Å². The van der Waals surface area contributed by atoms with E-state index in [-0.39, 0.29) is 24.8 Å². The summed E-state index contributed by atoms with van der Waals surface area (Å²) in [4.78, 5) is 48.4. The highest BCUT2D eigenvalue weighted by Gasteiger charge is 2.39. The molecule has 1 unspecified atom stereocenters. The first-order valence-electron chi connectivity index (χ1n) is 7.50. The number of carbonyl (C=O) groups excluding carboxylic acids is 4. The average molecular weight is 331 g/mol. The van der Waals surface area contributed by atoms with Crippen LogP contribution in [0.25, 0.3) is 0 Å². The Bertz CT molecular complexity index is 733. The molecule has 1 aromatic rings. The predicted molar refractivity (Wildman–Crippen MR) is 82.0 cm³/mol. The van der Waals surface area contributed by atoms with Crippen LogP contribution in [0.3, 0.4) is 0 Å². The zero-order chi connectivity index (χ0) is 17.3. The Morgan fingerprint density at radius 1 is 1.33 bits per heavy atom. The normalized spacial score (nSPS) is 19.8. The van der Waals surface area contributed by atoms with Gasteiger partial charge in [0.1, 0.15) is 6.04 Å². The van der Waals surface area contributed by atoms with Crippen LogP contribution in [0.1, 0.15) is 34.3 Å². The number of hydrogen-bond donors (Lipinski definition) is 4. The maximum Gasteiger partial charge on any atom is 0.329 e. The van der Waals surface area contributed by atoms with Gasteiger partial charge in [-0.15, -0.1) is 0 Å². The molecule has 1 fully saturated rings. The number of nitrogens with one attached hydrogen (secondary N) is 3. The van der Waals surface area contributed by atoms with E-state index in [9.17, 15) is 19.2 Å². The lowest BCUT2D eigenvalue weighted by Crippen LogP contribution is -2.52. The molecule has 24 heavy (non-hydrogen) atoms. The maximum atomic E-state index is 12.6. The van der Waals surface area contributed by atoms with Crippen molar-refractivity contribution in [3.8, 4) is 0 Å². The summed E-state index contributed by atoms with van der Waals surface area (Å²) < 4.78 is 0. The van der Waals surface area contributed by atoms with Gasteiger partial charge in [0.25, 0.3) is 5.91 Å². The molecule has 0 radical (unpaired) electrons. The minimum Gasteiger partial charge on any atom is -0.333 e. The zero-order valence-corrected chi connectivity index (χ0v) is 12.8. The second kappa shape index (κ2) is 6.28. The Labute approximate surface area is 137 Å². The fraction of sp³-hybridized carbons (Fsp3) is 0.333. The quantitative estimate of drug-likeness (QED) is 0.247. The summed E-state index contributed by atoms with van der Waals surface area (Å²) in [6.45, 7) is 0.555. The van der Waals surface area contributed by atoms with Gasteiger partial charge in [0.15, 0.2) is 0 Å². The van der Waals surface area contributed by atoms with Crippen LogP contribution in [0, 0.1) is 0 Å². The van der Waals surface area contributed by atoms with E-state index in [1.54, 1.807) is 18.2 Å². The number of amides is 5. The number of piperidine rings is 1. The van der Waals surface area contributed by atoms with Gasteiger partial charge in [-0.2, -0.15) is 0 Å². The molecule has 0 bridgehead atoms. The molecule has 9 heteroatoms. The van der Waals surface area contributed by atoms with E-state index in [0.29, 0.717) is 18.5 Å². The summed E-state index contributed by atoms with van der Waals surface area (Å²) in [5.41, 5.74) is 4.03. The highest BCUT2D eigenvalue weighted by Crippen LogP contribution is 2.28. The van der Waals surface area contributed by atoms with Crippen LogP contribution < -0.4 is 21.9 Å². The number of nitrogens with zero attached hydrogens (tertiary/aromatic N) is 1. The van der Waals surface area contributed by atoms with Gasteiger partial charge in [-0.25, -0.2) is 10.6 Å². The molecule has 0 aromatic heterocycles. The molecule has 5 amide bonds. The summed E-state index contributed by atoms with van der Waals surface area (Å²) >= 11 is 0. The number of rotatable bonds is 3. The highest BCUT2D eigenvalue weighted by molar-refractivity contribution is 6.05. The van der Waals surface area contributed by atoms with Crippen LogP contribution in [0.2, 0.25) is 0 Å². The fourth-order valence-electron chi connectivity index (χ4n) is 2.95. The molecule has 5 N–H and O–H groups in total. The average Bonchev–Trinajstić information content (AvgIpc) is 2.89. The molecule has 2 heterocycles. The zero-order valence-electron chi connectivity index (χ0n) is 12.8. The molecular formula is C15H17N5O4. The van der Waals surface area contributed by atoms with E-state index in [2.05, 4.69) is 10.6 Å². The van der Waals surface area contributed by atoms with Crippen LogP contribution in [0.5, 0.6) is 0 Å². The van der Waals surface area contributed by atoms with Gasteiger partial charge in [0.2, 0.25) is 11.8 Å². The van der Waals surface area contributed by atoms with Crippen LogP contribution in [-0.2, 0) is 22.7 Å². The Kier molecular flexibility index (Phi) is 4.17. The van der Waals surface area contributed by atoms with E-state index in [4.69, 9.17) is 5.84 Å². The predicted octanol–water partition coefficient (Wildman–Crippen LogP) is -0.880. The molecule has 2 aliphatic rings. The standard InChI is InChI=1S/C15H17N5O4/c16-19-15(24)17-6-8-1-2-9-7-20(14(23)10(9)5-8)11-3-4-12(21)18-13(11)22/h1-2,5,11H,3-4,6-7,16H2,(H2,17,19,24)(H,18,21,22). The van der Waals surface area contributed by atoms with E-state index >= 15 is 0 Å². The van der Waals surface area contributed by atoms with Crippen LogP contribution in [-0.4, -0.2) is 34.7 Å². The molecule has 1 saturated heterocycles. The second-order valence-corrected chi connectivity index (χ2v) is 5.72. The molecule has 0 spiro atoms. The van der Waals surface area contributed by atoms with Crippen molar-refractivity contribution < 1.29 is 19.2 Å². The molecule has 0 saturated carbocycles. The summed E-state index contributed by atoms with van der Waals surface area (Å²) in [5, 5.41) is 4.81. The van der Waals surface area contributed by atoms with Gasteiger partial charge in [-0.1, -0.05) is 12.1 Å². The van der Waals surface area contributed by atoms with Crippen molar-refractivity contribution in [2.75, 3.05) is 0 Å². The van der Waals surface area contributed by atoms with Gasteiger partial charge >= 0.3 is 6.03 Å². The van der Waals surface area contributed by atoms with Crippen molar-refractivity contribution in [1.82, 2.24) is 21.0 Å². The Morgan fingerprint density at radius 2 is 2.12 bits per heavy atom. The lowest BCUT2D eigenvalue weighted by atomic mass is 10.0. The number of benzene rings is 1. The molecule has 2 aliphatic heterocycles. The topological polar surface area (TPSA) is 134 Å². The van der Waals surface area contributed by atoms with Gasteiger partial charge in [0, 0.05) is 25.1 Å². The van der Waals surface area contributed by atoms with Crippen molar-refractivity contribution in [1.29, 1.82) is 0 Å². The third-order valence-corrected chi connectivity index (χ3v) is 4.18. The third kappa shape index (κ3) is 2.93. The summed E-state index contributed by atoms with van der Waals surface area (Å²) in [5.74, 6) is 3.99. The minimum atomic E-state index is -0.632. The van der Waals surface area contributed by atoms with E-state index < -0.39 is 18.0 Å². The highest BCUT2D eigenvalue weighted by atomic mass is 16.2. The van der Waals surface area contributed by atoms with Crippen molar-refractivity contribution in [3.05, 3.63) is 34.9 Å². The first-order valence-corrected chi connectivity index (χ1v) is 7.50. The smallest absolute Gasteiger partial charge is 0.329 e. The van der Waals surface area contributed by atoms with E-state index in [1.165, 1.54) is 4.90 Å². The van der Waals surface area contributed by atoms with Gasteiger partial charge in [-0.3, -0.25) is 25.1 Å². The van der Waals surface area contributed by atoms with E-state index in [1.807, 2.05) is 5.43 Å². The maximum absolute atomic E-state index is 12.6. The number of carbonyl (C=O) groups is 4. The summed E-state index contributed by atoms with van der Waals surface area (Å²) in [6.07, 6.45) is 0.551. The number of hydrazine groups is 1. The number of fused-ring (bicyclic) bond motifs is 1. The lowest BCUT2D eigenvalue weighted by Gasteiger charge is -2.29. The molecule has 3 rings (SSSR count). The third-order valence-electron chi connectivity index (χ3n) is 4.18.